The maximum absolute atomic E-state index is 13.0. The van der Waals surface area contributed by atoms with Crippen molar-refractivity contribution in [3.05, 3.63) is 35.1 Å². The zero-order chi connectivity index (χ0) is 10.6. The molecule has 0 amide bonds. The molecule has 0 bridgehead atoms. The molecule has 0 aliphatic rings. The molecule has 0 aliphatic carbocycles. The van der Waals surface area contributed by atoms with E-state index in [1.807, 2.05) is 6.92 Å². The smallest absolute Gasteiger partial charge is 0.126 e. The third kappa shape index (κ3) is 2.79. The van der Waals surface area contributed by atoms with E-state index < -0.39 is 0 Å². The van der Waals surface area contributed by atoms with Crippen LogP contribution in [0.2, 0.25) is 0 Å². The van der Waals surface area contributed by atoms with Crippen molar-refractivity contribution in [3.8, 4) is 0 Å². The van der Waals surface area contributed by atoms with E-state index >= 15 is 0 Å². The van der Waals surface area contributed by atoms with Gasteiger partial charge in [-0.2, -0.15) is 0 Å². The van der Waals surface area contributed by atoms with E-state index in [1.165, 1.54) is 6.07 Å². The molecular formula is C11H17FN2. The summed E-state index contributed by atoms with van der Waals surface area (Å²) < 4.78 is 13.0. The Bertz CT molecular complexity index is 299. The summed E-state index contributed by atoms with van der Waals surface area (Å²) in [7, 11) is 0. The second-order valence-corrected chi connectivity index (χ2v) is 3.42. The van der Waals surface area contributed by atoms with E-state index in [4.69, 9.17) is 5.73 Å². The predicted octanol–water partition coefficient (Wildman–Crippen LogP) is 1.74. The SMILES string of the molecule is CCNCC(N)c1ccc(F)c(C)c1. The van der Waals surface area contributed by atoms with Crippen LogP contribution in [0.25, 0.3) is 0 Å². The molecule has 0 heterocycles. The minimum absolute atomic E-state index is 0.0609. The van der Waals surface area contributed by atoms with Crippen molar-refractivity contribution in [2.45, 2.75) is 19.9 Å². The minimum atomic E-state index is -0.176. The van der Waals surface area contributed by atoms with E-state index in [0.717, 1.165) is 18.7 Å². The largest absolute Gasteiger partial charge is 0.323 e. The standard InChI is InChI=1S/C11H17FN2/c1-3-14-7-11(13)9-4-5-10(12)8(2)6-9/h4-6,11,14H,3,7,13H2,1-2H3. The summed E-state index contributed by atoms with van der Waals surface area (Å²) >= 11 is 0. The zero-order valence-electron chi connectivity index (χ0n) is 8.68. The van der Waals surface area contributed by atoms with Crippen LogP contribution in [-0.4, -0.2) is 13.1 Å². The Labute approximate surface area is 84.3 Å². The van der Waals surface area contributed by atoms with Gasteiger partial charge in [-0.15, -0.1) is 0 Å². The summed E-state index contributed by atoms with van der Waals surface area (Å²) in [6.45, 7) is 5.40. The van der Waals surface area contributed by atoms with Crippen LogP contribution in [0.4, 0.5) is 4.39 Å². The zero-order valence-corrected chi connectivity index (χ0v) is 8.68. The summed E-state index contributed by atoms with van der Waals surface area (Å²) in [4.78, 5) is 0. The summed E-state index contributed by atoms with van der Waals surface area (Å²) in [6.07, 6.45) is 0. The Morgan fingerprint density at radius 3 is 2.79 bits per heavy atom. The number of likely N-dealkylation sites (N-methyl/N-ethyl adjacent to an activating group) is 1. The molecule has 3 heteroatoms. The van der Waals surface area contributed by atoms with Gasteiger partial charge < -0.3 is 11.1 Å². The molecule has 3 N–H and O–H groups in total. The number of hydrogen-bond donors (Lipinski definition) is 2. The molecule has 0 radical (unpaired) electrons. The van der Waals surface area contributed by atoms with Crippen molar-refractivity contribution in [3.63, 3.8) is 0 Å². The summed E-state index contributed by atoms with van der Waals surface area (Å²) in [5.41, 5.74) is 7.54. The maximum atomic E-state index is 13.0. The van der Waals surface area contributed by atoms with Crippen LogP contribution < -0.4 is 11.1 Å². The van der Waals surface area contributed by atoms with Crippen molar-refractivity contribution in [2.75, 3.05) is 13.1 Å². The topological polar surface area (TPSA) is 38.0 Å². The van der Waals surface area contributed by atoms with E-state index in [1.54, 1.807) is 19.1 Å². The van der Waals surface area contributed by atoms with Gasteiger partial charge in [0.25, 0.3) is 0 Å². The van der Waals surface area contributed by atoms with Crippen LogP contribution in [0.5, 0.6) is 0 Å². The monoisotopic (exact) mass is 196 g/mol. The lowest BCUT2D eigenvalue weighted by molar-refractivity contribution is 0.601. The number of aryl methyl sites for hydroxylation is 1. The average Bonchev–Trinajstić information content (AvgIpc) is 2.18. The van der Waals surface area contributed by atoms with Gasteiger partial charge in [0.05, 0.1) is 0 Å². The molecule has 0 fully saturated rings. The van der Waals surface area contributed by atoms with Gasteiger partial charge in [-0.05, 0) is 30.7 Å². The Balaban J connectivity index is 2.70. The molecule has 14 heavy (non-hydrogen) atoms. The molecule has 0 saturated heterocycles. The predicted molar refractivity (Wildman–Crippen MR) is 56.6 cm³/mol. The number of nitrogens with two attached hydrogens (primary N) is 1. The second kappa shape index (κ2) is 5.08. The Morgan fingerprint density at radius 1 is 1.50 bits per heavy atom. The summed E-state index contributed by atoms with van der Waals surface area (Å²) in [6, 6.07) is 4.95. The molecule has 78 valence electrons. The molecular weight excluding hydrogens is 179 g/mol. The van der Waals surface area contributed by atoms with Gasteiger partial charge in [0.2, 0.25) is 0 Å². The molecule has 2 nitrogen and oxygen atoms in total. The van der Waals surface area contributed by atoms with Crippen molar-refractivity contribution in [2.24, 2.45) is 5.73 Å². The number of hydrogen-bond acceptors (Lipinski definition) is 2. The lowest BCUT2D eigenvalue weighted by Crippen LogP contribution is -2.26. The molecule has 1 unspecified atom stereocenters. The number of nitrogens with one attached hydrogen (secondary N) is 1. The van der Waals surface area contributed by atoms with Gasteiger partial charge in [-0.1, -0.05) is 19.1 Å². The van der Waals surface area contributed by atoms with Crippen molar-refractivity contribution in [1.29, 1.82) is 0 Å². The highest BCUT2D eigenvalue weighted by Crippen LogP contribution is 2.14. The Morgan fingerprint density at radius 2 is 2.21 bits per heavy atom. The van der Waals surface area contributed by atoms with E-state index in [9.17, 15) is 4.39 Å². The van der Waals surface area contributed by atoms with Crippen LogP contribution in [-0.2, 0) is 0 Å². The quantitative estimate of drug-likeness (QED) is 0.769. The van der Waals surface area contributed by atoms with Crippen LogP contribution in [0.15, 0.2) is 18.2 Å². The maximum Gasteiger partial charge on any atom is 0.126 e. The van der Waals surface area contributed by atoms with Gasteiger partial charge in [0, 0.05) is 12.6 Å². The highest BCUT2D eigenvalue weighted by Gasteiger charge is 2.06. The molecule has 0 spiro atoms. The van der Waals surface area contributed by atoms with Gasteiger partial charge in [-0.25, -0.2) is 4.39 Å². The van der Waals surface area contributed by atoms with Crippen LogP contribution >= 0.6 is 0 Å². The lowest BCUT2D eigenvalue weighted by Gasteiger charge is -2.13. The molecule has 1 atom stereocenters. The van der Waals surface area contributed by atoms with Gasteiger partial charge >= 0.3 is 0 Å². The normalized spacial score (nSPS) is 12.9. The Kier molecular flexibility index (Phi) is 4.04. The van der Waals surface area contributed by atoms with Crippen LogP contribution in [0.3, 0.4) is 0 Å². The molecule has 1 aromatic rings. The molecule has 1 aromatic carbocycles. The van der Waals surface area contributed by atoms with E-state index in [0.29, 0.717) is 5.56 Å². The molecule has 0 aliphatic heterocycles. The first-order valence-electron chi connectivity index (χ1n) is 4.87. The molecule has 1 rings (SSSR count). The van der Waals surface area contributed by atoms with Crippen molar-refractivity contribution in [1.82, 2.24) is 5.32 Å². The Hall–Kier alpha value is -0.930. The van der Waals surface area contributed by atoms with Crippen LogP contribution in [0.1, 0.15) is 24.1 Å². The number of rotatable bonds is 4. The third-order valence-electron chi connectivity index (χ3n) is 2.22. The van der Waals surface area contributed by atoms with Gasteiger partial charge in [-0.3, -0.25) is 0 Å². The second-order valence-electron chi connectivity index (χ2n) is 3.42. The lowest BCUT2D eigenvalue weighted by atomic mass is 10.0. The fraction of sp³-hybridized carbons (Fsp3) is 0.455. The first-order valence-corrected chi connectivity index (χ1v) is 4.87. The molecule has 0 aromatic heterocycles. The summed E-state index contributed by atoms with van der Waals surface area (Å²) in [5.74, 6) is -0.176. The molecule has 0 saturated carbocycles. The van der Waals surface area contributed by atoms with Gasteiger partial charge in [0.1, 0.15) is 5.82 Å². The van der Waals surface area contributed by atoms with Crippen molar-refractivity contribution < 1.29 is 4.39 Å². The fourth-order valence-electron chi connectivity index (χ4n) is 1.32. The van der Waals surface area contributed by atoms with Crippen LogP contribution in [0, 0.1) is 12.7 Å². The third-order valence-corrected chi connectivity index (χ3v) is 2.22. The summed E-state index contributed by atoms with van der Waals surface area (Å²) in [5, 5.41) is 3.16. The van der Waals surface area contributed by atoms with E-state index in [2.05, 4.69) is 5.32 Å². The first-order chi connectivity index (χ1) is 6.65. The number of halogens is 1. The van der Waals surface area contributed by atoms with Crippen molar-refractivity contribution >= 4 is 0 Å². The minimum Gasteiger partial charge on any atom is -0.323 e. The number of benzene rings is 1. The van der Waals surface area contributed by atoms with Gasteiger partial charge in [0.15, 0.2) is 0 Å². The highest BCUT2D eigenvalue weighted by molar-refractivity contribution is 5.26. The average molecular weight is 196 g/mol. The van der Waals surface area contributed by atoms with E-state index in [-0.39, 0.29) is 11.9 Å². The fourth-order valence-corrected chi connectivity index (χ4v) is 1.32. The first kappa shape index (κ1) is 11.1. The highest BCUT2D eigenvalue weighted by atomic mass is 19.1.